The molecule has 1 rings (SSSR count). The van der Waals surface area contributed by atoms with Crippen molar-refractivity contribution in [2.45, 2.75) is 43.4 Å². The molecular formula is C13H24BrNO2. The first-order valence-electron chi connectivity index (χ1n) is 6.50. The largest absolute Gasteiger partial charge is 0.383 e. The van der Waals surface area contributed by atoms with E-state index >= 15 is 0 Å². The molecule has 17 heavy (non-hydrogen) atoms. The summed E-state index contributed by atoms with van der Waals surface area (Å²) < 4.78 is 5.04. The number of carbonyl (C=O) groups is 1. The maximum atomic E-state index is 11.9. The summed E-state index contributed by atoms with van der Waals surface area (Å²) in [5.41, 5.74) is 0. The van der Waals surface area contributed by atoms with E-state index in [9.17, 15) is 4.79 Å². The highest BCUT2D eigenvalue weighted by Crippen LogP contribution is 2.28. The smallest absolute Gasteiger partial charge is 0.222 e. The van der Waals surface area contributed by atoms with Gasteiger partial charge >= 0.3 is 0 Å². The van der Waals surface area contributed by atoms with Crippen LogP contribution in [0.15, 0.2) is 0 Å². The summed E-state index contributed by atoms with van der Waals surface area (Å²) in [7, 11) is 3.55. The van der Waals surface area contributed by atoms with Crippen LogP contribution in [0, 0.1) is 5.92 Å². The van der Waals surface area contributed by atoms with Crippen molar-refractivity contribution in [1.82, 2.24) is 4.90 Å². The van der Waals surface area contributed by atoms with Crippen molar-refractivity contribution >= 4 is 21.8 Å². The Morgan fingerprint density at radius 2 is 2.12 bits per heavy atom. The second kappa shape index (κ2) is 8.09. The zero-order chi connectivity index (χ0) is 12.7. The molecule has 1 unspecified atom stereocenters. The summed E-state index contributed by atoms with van der Waals surface area (Å²) >= 11 is 3.51. The molecule has 0 saturated heterocycles. The molecule has 0 bridgehead atoms. The fourth-order valence-electron chi connectivity index (χ4n) is 2.45. The molecule has 1 amide bonds. The molecule has 3 nitrogen and oxygen atoms in total. The van der Waals surface area contributed by atoms with Crippen LogP contribution in [-0.2, 0) is 9.53 Å². The van der Waals surface area contributed by atoms with Gasteiger partial charge in [-0.2, -0.15) is 0 Å². The number of ether oxygens (including phenoxy) is 1. The third-order valence-corrected chi connectivity index (χ3v) is 4.04. The minimum Gasteiger partial charge on any atom is -0.383 e. The number of rotatable bonds is 7. The monoisotopic (exact) mass is 305 g/mol. The number of alkyl halides is 1. The maximum absolute atomic E-state index is 11.9. The lowest BCUT2D eigenvalue weighted by Crippen LogP contribution is -2.33. The molecular weight excluding hydrogens is 282 g/mol. The number of nitrogens with zero attached hydrogens (tertiary/aromatic N) is 1. The highest BCUT2D eigenvalue weighted by molar-refractivity contribution is 9.09. The molecule has 0 heterocycles. The summed E-state index contributed by atoms with van der Waals surface area (Å²) in [6.45, 7) is 1.36. The minimum absolute atomic E-state index is 0.230. The van der Waals surface area contributed by atoms with Gasteiger partial charge in [0.15, 0.2) is 0 Å². The van der Waals surface area contributed by atoms with Gasteiger partial charge in [0.2, 0.25) is 5.91 Å². The molecule has 1 fully saturated rings. The number of amides is 1. The summed E-state index contributed by atoms with van der Waals surface area (Å²) in [6, 6.07) is 0. The molecule has 1 atom stereocenters. The lowest BCUT2D eigenvalue weighted by atomic mass is 10.0. The molecule has 0 radical (unpaired) electrons. The van der Waals surface area contributed by atoms with Crippen molar-refractivity contribution in [3.63, 3.8) is 0 Å². The Labute approximate surface area is 113 Å². The Morgan fingerprint density at radius 3 is 2.71 bits per heavy atom. The standard InChI is InChI=1S/C13H24BrNO2/c1-15(9-12(14)10-17-2)13(16)8-7-11-5-3-4-6-11/h11-12H,3-10H2,1-2H3. The predicted octanol–water partition coefficient (Wildman–Crippen LogP) is 2.83. The van der Waals surface area contributed by atoms with Gasteiger partial charge in [-0.3, -0.25) is 4.79 Å². The molecule has 1 aliphatic rings. The van der Waals surface area contributed by atoms with Crippen molar-refractivity contribution in [2.24, 2.45) is 5.92 Å². The third kappa shape index (κ3) is 5.87. The topological polar surface area (TPSA) is 29.5 Å². The third-order valence-electron chi connectivity index (χ3n) is 3.49. The summed E-state index contributed by atoms with van der Waals surface area (Å²) in [5, 5.41) is 0. The number of carbonyl (C=O) groups excluding carboxylic acids is 1. The number of hydrogen-bond donors (Lipinski definition) is 0. The molecule has 100 valence electrons. The van der Waals surface area contributed by atoms with Gasteiger partial charge in [-0.1, -0.05) is 41.6 Å². The van der Waals surface area contributed by atoms with Crippen LogP contribution < -0.4 is 0 Å². The van der Waals surface area contributed by atoms with Crippen molar-refractivity contribution in [3.05, 3.63) is 0 Å². The highest BCUT2D eigenvalue weighted by Gasteiger charge is 2.18. The van der Waals surface area contributed by atoms with Gasteiger partial charge in [0.05, 0.1) is 11.4 Å². The Bertz CT molecular complexity index is 229. The Morgan fingerprint density at radius 1 is 1.47 bits per heavy atom. The number of halogens is 1. The van der Waals surface area contributed by atoms with Gasteiger partial charge in [0, 0.05) is 27.1 Å². The van der Waals surface area contributed by atoms with Crippen LogP contribution >= 0.6 is 15.9 Å². The number of hydrogen-bond acceptors (Lipinski definition) is 2. The van der Waals surface area contributed by atoms with Gasteiger partial charge in [0.25, 0.3) is 0 Å². The van der Waals surface area contributed by atoms with Crippen LogP contribution in [0.25, 0.3) is 0 Å². The van der Waals surface area contributed by atoms with E-state index in [-0.39, 0.29) is 10.7 Å². The molecule has 1 saturated carbocycles. The first kappa shape index (κ1) is 15.0. The van der Waals surface area contributed by atoms with Crippen LogP contribution in [0.1, 0.15) is 38.5 Å². The average Bonchev–Trinajstić information content (AvgIpc) is 2.78. The van der Waals surface area contributed by atoms with Crippen LogP contribution in [0.2, 0.25) is 0 Å². The van der Waals surface area contributed by atoms with E-state index in [0.717, 1.165) is 18.9 Å². The van der Waals surface area contributed by atoms with Crippen LogP contribution in [0.4, 0.5) is 0 Å². The molecule has 0 spiro atoms. The highest BCUT2D eigenvalue weighted by atomic mass is 79.9. The molecule has 0 aliphatic heterocycles. The quantitative estimate of drug-likeness (QED) is 0.677. The van der Waals surface area contributed by atoms with Crippen LogP contribution in [-0.4, -0.2) is 42.9 Å². The molecule has 0 N–H and O–H groups in total. The van der Waals surface area contributed by atoms with Gasteiger partial charge in [-0.15, -0.1) is 0 Å². The van der Waals surface area contributed by atoms with Crippen molar-refractivity contribution in [2.75, 3.05) is 27.3 Å². The van der Waals surface area contributed by atoms with E-state index in [1.54, 1.807) is 7.11 Å². The lowest BCUT2D eigenvalue weighted by molar-refractivity contribution is -0.130. The van der Waals surface area contributed by atoms with E-state index in [0.29, 0.717) is 13.0 Å². The second-order valence-corrected chi connectivity index (χ2v) is 6.31. The van der Waals surface area contributed by atoms with Crippen molar-refractivity contribution in [1.29, 1.82) is 0 Å². The zero-order valence-corrected chi connectivity index (χ0v) is 12.5. The zero-order valence-electron chi connectivity index (χ0n) is 11.0. The van der Waals surface area contributed by atoms with E-state index in [2.05, 4.69) is 15.9 Å². The average molecular weight is 306 g/mol. The molecule has 4 heteroatoms. The SMILES string of the molecule is COCC(Br)CN(C)C(=O)CCC1CCCC1. The van der Waals surface area contributed by atoms with Gasteiger partial charge in [-0.05, 0) is 12.3 Å². The van der Waals surface area contributed by atoms with E-state index in [1.807, 2.05) is 11.9 Å². The van der Waals surface area contributed by atoms with Gasteiger partial charge < -0.3 is 9.64 Å². The van der Waals surface area contributed by atoms with Crippen LogP contribution in [0.5, 0.6) is 0 Å². The summed E-state index contributed by atoms with van der Waals surface area (Å²) in [5.74, 6) is 1.06. The second-order valence-electron chi connectivity index (χ2n) is 5.02. The first-order valence-corrected chi connectivity index (χ1v) is 7.42. The van der Waals surface area contributed by atoms with Crippen molar-refractivity contribution < 1.29 is 9.53 Å². The fraction of sp³-hybridized carbons (Fsp3) is 0.923. The number of methoxy groups -OCH3 is 1. The molecule has 1 aliphatic carbocycles. The fourth-order valence-corrected chi connectivity index (χ4v) is 3.15. The van der Waals surface area contributed by atoms with E-state index in [1.165, 1.54) is 25.7 Å². The normalized spacial score (nSPS) is 18.3. The maximum Gasteiger partial charge on any atom is 0.222 e. The van der Waals surface area contributed by atoms with Gasteiger partial charge in [0.1, 0.15) is 0 Å². The molecule has 0 aromatic rings. The van der Waals surface area contributed by atoms with Gasteiger partial charge in [-0.25, -0.2) is 0 Å². The first-order chi connectivity index (χ1) is 8.13. The molecule has 0 aromatic heterocycles. The Kier molecular flexibility index (Phi) is 7.12. The van der Waals surface area contributed by atoms with Crippen molar-refractivity contribution in [3.8, 4) is 0 Å². The Balaban J connectivity index is 2.16. The summed E-state index contributed by atoms with van der Waals surface area (Å²) in [4.78, 5) is 13.9. The molecule has 0 aromatic carbocycles. The Hall–Kier alpha value is -0.0900. The lowest BCUT2D eigenvalue weighted by Gasteiger charge is -2.21. The minimum atomic E-state index is 0.230. The van der Waals surface area contributed by atoms with E-state index < -0.39 is 0 Å². The predicted molar refractivity (Wildman–Crippen MR) is 73.4 cm³/mol. The van der Waals surface area contributed by atoms with Crippen LogP contribution in [0.3, 0.4) is 0 Å². The van der Waals surface area contributed by atoms with E-state index in [4.69, 9.17) is 4.74 Å². The summed E-state index contributed by atoms with van der Waals surface area (Å²) in [6.07, 6.45) is 7.12.